The van der Waals surface area contributed by atoms with Crippen LogP contribution in [0.25, 0.3) is 6.08 Å². The fourth-order valence-corrected chi connectivity index (χ4v) is 4.73. The van der Waals surface area contributed by atoms with Crippen molar-refractivity contribution in [3.8, 4) is 11.5 Å². The van der Waals surface area contributed by atoms with Crippen molar-refractivity contribution in [3.05, 3.63) is 131 Å². The molecule has 6 heteroatoms. The van der Waals surface area contributed by atoms with Gasteiger partial charge in [-0.15, -0.1) is 0 Å². The number of amides is 2. The van der Waals surface area contributed by atoms with E-state index < -0.39 is 0 Å². The van der Waals surface area contributed by atoms with Gasteiger partial charge in [0.1, 0.15) is 5.75 Å². The van der Waals surface area contributed by atoms with E-state index in [1.165, 1.54) is 5.56 Å². The molecule has 4 aromatic carbocycles. The molecular formula is C36H36N2O4. The van der Waals surface area contributed by atoms with Gasteiger partial charge in [-0.3, -0.25) is 14.5 Å². The van der Waals surface area contributed by atoms with Gasteiger partial charge in [-0.1, -0.05) is 79.6 Å². The Balaban J connectivity index is 1.26. The molecule has 0 radical (unpaired) electrons. The van der Waals surface area contributed by atoms with Crippen molar-refractivity contribution in [2.24, 2.45) is 0 Å². The van der Waals surface area contributed by atoms with Crippen molar-refractivity contribution in [3.63, 3.8) is 0 Å². The fourth-order valence-electron chi connectivity index (χ4n) is 4.73. The number of carbonyl (C=O) groups is 2. The lowest BCUT2D eigenvalue weighted by Gasteiger charge is -2.30. The molecule has 1 aliphatic rings. The van der Waals surface area contributed by atoms with Crippen molar-refractivity contribution < 1.29 is 19.1 Å². The Bertz CT molecular complexity index is 1560. The number of unbranched alkanes of at least 4 members (excludes halogenated alkanes) is 1. The molecule has 0 aliphatic carbocycles. The molecule has 1 aliphatic heterocycles. The number of hydrogen-bond donors (Lipinski definition) is 1. The largest absolute Gasteiger partial charge is 0.494 e. The number of carbonyl (C=O) groups excluding carboxylic acids is 2. The first-order valence-electron chi connectivity index (χ1n) is 14.4. The number of benzene rings is 4. The second kappa shape index (κ2) is 13.2. The average Bonchev–Trinajstić information content (AvgIpc) is 3.01. The Morgan fingerprint density at radius 1 is 0.952 bits per heavy atom. The van der Waals surface area contributed by atoms with Crippen LogP contribution in [0.5, 0.6) is 11.5 Å². The maximum Gasteiger partial charge on any atom is 0.294 e. The maximum absolute atomic E-state index is 13.5. The number of ether oxygens (including phenoxy) is 2. The highest BCUT2D eigenvalue weighted by Crippen LogP contribution is 2.36. The van der Waals surface area contributed by atoms with Crippen LogP contribution in [-0.2, 0) is 11.3 Å². The first kappa shape index (κ1) is 28.7. The van der Waals surface area contributed by atoms with E-state index in [1.54, 1.807) is 23.1 Å². The van der Waals surface area contributed by atoms with E-state index in [-0.39, 0.29) is 23.6 Å². The van der Waals surface area contributed by atoms with Gasteiger partial charge in [0.25, 0.3) is 11.8 Å². The summed E-state index contributed by atoms with van der Waals surface area (Å²) in [6.07, 6.45) is 3.83. The molecule has 42 heavy (non-hydrogen) atoms. The minimum atomic E-state index is -0.216. The number of rotatable bonds is 10. The van der Waals surface area contributed by atoms with Gasteiger partial charge in [-0.25, -0.2) is 0 Å². The van der Waals surface area contributed by atoms with E-state index in [4.69, 9.17) is 9.47 Å². The van der Waals surface area contributed by atoms with Crippen molar-refractivity contribution in [1.29, 1.82) is 0 Å². The topological polar surface area (TPSA) is 67.9 Å². The quantitative estimate of drug-likeness (QED) is 0.160. The van der Waals surface area contributed by atoms with Crippen LogP contribution in [0.3, 0.4) is 0 Å². The van der Waals surface area contributed by atoms with Crippen molar-refractivity contribution in [2.45, 2.75) is 46.2 Å². The van der Waals surface area contributed by atoms with Crippen molar-refractivity contribution in [1.82, 2.24) is 5.32 Å². The molecule has 1 N–H and O–H groups in total. The minimum absolute atomic E-state index is 0.170. The average molecular weight is 561 g/mol. The van der Waals surface area contributed by atoms with Gasteiger partial charge in [-0.2, -0.15) is 0 Å². The molecule has 1 heterocycles. The summed E-state index contributed by atoms with van der Waals surface area (Å²) in [5.41, 5.74) is 5.23. The molecule has 6 nitrogen and oxygen atoms in total. The predicted octanol–water partition coefficient (Wildman–Crippen LogP) is 7.63. The highest BCUT2D eigenvalue weighted by atomic mass is 16.5. The fraction of sp³-hybridized carbons (Fsp3) is 0.222. The number of para-hydroxylation sites is 2. The standard InChI is InChI=1S/C36H36N2O4/c1-4-5-22-41-31-20-18-29(19-21-31)26(3)37-35(39)30-16-14-27(15-17-30)23-34-36(40)38(24-28-12-10-25(2)11-13-28)32-8-6-7-9-33(32)42-34/h6-21,23,26H,4-5,22,24H2,1-3H3,(H,37,39)/b34-23+/t26-/m1/s1. The number of anilines is 1. The minimum Gasteiger partial charge on any atom is -0.494 e. The predicted molar refractivity (Wildman–Crippen MR) is 167 cm³/mol. The lowest BCUT2D eigenvalue weighted by molar-refractivity contribution is -0.117. The number of nitrogens with zero attached hydrogens (tertiary/aromatic N) is 1. The van der Waals surface area contributed by atoms with Gasteiger partial charge in [-0.05, 0) is 79.4 Å². The van der Waals surface area contributed by atoms with Crippen LogP contribution in [0.2, 0.25) is 0 Å². The number of nitrogens with one attached hydrogen (secondary N) is 1. The Morgan fingerprint density at radius 2 is 1.67 bits per heavy atom. The second-order valence-electron chi connectivity index (χ2n) is 10.5. The van der Waals surface area contributed by atoms with Gasteiger partial charge in [0.2, 0.25) is 0 Å². The van der Waals surface area contributed by atoms with Gasteiger partial charge >= 0.3 is 0 Å². The van der Waals surface area contributed by atoms with Crippen molar-refractivity contribution in [2.75, 3.05) is 11.5 Å². The Labute approximate surface area is 247 Å². The number of aryl methyl sites for hydroxylation is 1. The zero-order chi connectivity index (χ0) is 29.5. The normalized spacial score (nSPS) is 14.2. The summed E-state index contributed by atoms with van der Waals surface area (Å²) in [4.78, 5) is 28.2. The van der Waals surface area contributed by atoms with Crippen LogP contribution >= 0.6 is 0 Å². The molecule has 214 valence electrons. The Kier molecular flexibility index (Phi) is 9.02. The van der Waals surface area contributed by atoms with Gasteiger partial charge < -0.3 is 14.8 Å². The summed E-state index contributed by atoms with van der Waals surface area (Å²) in [7, 11) is 0. The monoisotopic (exact) mass is 560 g/mol. The molecule has 0 aromatic heterocycles. The third kappa shape index (κ3) is 6.89. The van der Waals surface area contributed by atoms with E-state index in [1.807, 2.05) is 98.8 Å². The van der Waals surface area contributed by atoms with Crippen LogP contribution in [0.15, 0.2) is 103 Å². The third-order valence-electron chi connectivity index (χ3n) is 7.26. The van der Waals surface area contributed by atoms with Gasteiger partial charge in [0.15, 0.2) is 11.5 Å². The van der Waals surface area contributed by atoms with E-state index in [9.17, 15) is 9.59 Å². The van der Waals surface area contributed by atoms with Gasteiger partial charge in [0.05, 0.1) is 24.9 Å². The SMILES string of the molecule is CCCCOc1ccc([C@@H](C)NC(=O)c2ccc(/C=C3/Oc4ccccc4N(Cc4ccc(C)cc4)C3=O)cc2)cc1. The van der Waals surface area contributed by atoms with E-state index in [0.717, 1.165) is 41.0 Å². The smallest absolute Gasteiger partial charge is 0.294 e. The molecule has 0 saturated carbocycles. The molecule has 0 bridgehead atoms. The summed E-state index contributed by atoms with van der Waals surface area (Å²) >= 11 is 0. The highest BCUT2D eigenvalue weighted by Gasteiger charge is 2.30. The summed E-state index contributed by atoms with van der Waals surface area (Å²) in [5.74, 6) is 1.30. The number of hydrogen-bond acceptors (Lipinski definition) is 4. The van der Waals surface area contributed by atoms with E-state index >= 15 is 0 Å². The molecule has 5 rings (SSSR count). The zero-order valence-corrected chi connectivity index (χ0v) is 24.3. The Morgan fingerprint density at radius 3 is 2.38 bits per heavy atom. The first-order valence-corrected chi connectivity index (χ1v) is 14.4. The number of fused-ring (bicyclic) bond motifs is 1. The molecule has 0 fully saturated rings. The summed E-state index contributed by atoms with van der Waals surface area (Å²) in [6.45, 7) is 7.26. The third-order valence-corrected chi connectivity index (χ3v) is 7.26. The summed E-state index contributed by atoms with van der Waals surface area (Å²) in [6, 6.07) is 30.5. The highest BCUT2D eigenvalue weighted by molar-refractivity contribution is 6.09. The maximum atomic E-state index is 13.5. The molecular weight excluding hydrogens is 524 g/mol. The Hall–Kier alpha value is -4.84. The lowest BCUT2D eigenvalue weighted by atomic mass is 10.1. The lowest BCUT2D eigenvalue weighted by Crippen LogP contribution is -2.36. The molecule has 1 atom stereocenters. The molecule has 0 spiro atoms. The molecule has 2 amide bonds. The molecule has 0 saturated heterocycles. The molecule has 0 unspecified atom stereocenters. The summed E-state index contributed by atoms with van der Waals surface area (Å²) in [5, 5.41) is 3.05. The van der Waals surface area contributed by atoms with Crippen molar-refractivity contribution >= 4 is 23.6 Å². The molecule has 4 aromatic rings. The van der Waals surface area contributed by atoms with E-state index in [2.05, 4.69) is 12.2 Å². The van der Waals surface area contributed by atoms with Crippen LogP contribution in [0.4, 0.5) is 5.69 Å². The van der Waals surface area contributed by atoms with Gasteiger partial charge in [0, 0.05) is 5.56 Å². The van der Waals surface area contributed by atoms with Crippen LogP contribution in [0, 0.1) is 6.92 Å². The zero-order valence-electron chi connectivity index (χ0n) is 24.3. The van der Waals surface area contributed by atoms with Crippen LogP contribution in [0.1, 0.15) is 65.3 Å². The van der Waals surface area contributed by atoms with Crippen LogP contribution < -0.4 is 19.7 Å². The first-order chi connectivity index (χ1) is 20.4. The van der Waals surface area contributed by atoms with E-state index in [0.29, 0.717) is 24.5 Å². The van der Waals surface area contributed by atoms with Crippen LogP contribution in [-0.4, -0.2) is 18.4 Å². The second-order valence-corrected chi connectivity index (χ2v) is 10.5. The summed E-state index contributed by atoms with van der Waals surface area (Å²) < 4.78 is 11.8.